The van der Waals surface area contributed by atoms with Crippen LogP contribution in [-0.2, 0) is 4.79 Å². The van der Waals surface area contributed by atoms with Crippen molar-refractivity contribution in [2.75, 3.05) is 0 Å². The summed E-state index contributed by atoms with van der Waals surface area (Å²) in [7, 11) is 0. The second kappa shape index (κ2) is 2.33. The van der Waals surface area contributed by atoms with Crippen LogP contribution in [0.4, 0.5) is 0 Å². The van der Waals surface area contributed by atoms with Gasteiger partial charge >= 0.3 is 0 Å². The Kier molecular flexibility index (Phi) is 1.55. The Balaban J connectivity index is 2.22. The Morgan fingerprint density at radius 2 is 1.91 bits per heavy atom. The molecule has 0 unspecified atom stereocenters. The molecular formula is C10H16O. The Hall–Kier alpha value is -0.330. The van der Waals surface area contributed by atoms with E-state index >= 15 is 0 Å². The standard InChI is InChI=1S/C10H16O/c1-6-3-4-8-7(2)5-9(11)10(6)8/h6-8,10H,3-5H2,1-2H3/t6-,7-,8-,10-/m0/s1. The summed E-state index contributed by atoms with van der Waals surface area (Å²) in [4.78, 5) is 11.5. The van der Waals surface area contributed by atoms with E-state index < -0.39 is 0 Å². The van der Waals surface area contributed by atoms with Crippen molar-refractivity contribution in [1.82, 2.24) is 0 Å². The van der Waals surface area contributed by atoms with Crippen LogP contribution in [-0.4, -0.2) is 5.78 Å². The summed E-state index contributed by atoms with van der Waals surface area (Å²) in [5.74, 6) is 3.10. The number of fused-ring (bicyclic) bond motifs is 1. The highest BCUT2D eigenvalue weighted by molar-refractivity contribution is 5.84. The van der Waals surface area contributed by atoms with Gasteiger partial charge in [0.05, 0.1) is 0 Å². The van der Waals surface area contributed by atoms with Gasteiger partial charge in [-0.25, -0.2) is 0 Å². The quantitative estimate of drug-likeness (QED) is 0.520. The van der Waals surface area contributed by atoms with Gasteiger partial charge in [-0.15, -0.1) is 0 Å². The molecule has 2 fully saturated rings. The van der Waals surface area contributed by atoms with Gasteiger partial charge in [-0.2, -0.15) is 0 Å². The molecule has 11 heavy (non-hydrogen) atoms. The van der Waals surface area contributed by atoms with Gasteiger partial charge in [0.15, 0.2) is 0 Å². The Labute approximate surface area is 68.2 Å². The third-order valence-corrected chi connectivity index (χ3v) is 3.66. The van der Waals surface area contributed by atoms with E-state index in [1.165, 1.54) is 12.8 Å². The van der Waals surface area contributed by atoms with E-state index in [1.807, 2.05) is 0 Å². The van der Waals surface area contributed by atoms with Crippen molar-refractivity contribution in [3.05, 3.63) is 0 Å². The van der Waals surface area contributed by atoms with E-state index in [1.54, 1.807) is 0 Å². The second-order valence-electron chi connectivity index (χ2n) is 4.39. The van der Waals surface area contributed by atoms with Crippen molar-refractivity contribution in [2.24, 2.45) is 23.7 Å². The topological polar surface area (TPSA) is 17.1 Å². The van der Waals surface area contributed by atoms with Gasteiger partial charge in [0.1, 0.15) is 5.78 Å². The zero-order valence-electron chi connectivity index (χ0n) is 7.34. The summed E-state index contributed by atoms with van der Waals surface area (Å²) in [5.41, 5.74) is 0. The van der Waals surface area contributed by atoms with Crippen molar-refractivity contribution in [1.29, 1.82) is 0 Å². The van der Waals surface area contributed by atoms with Crippen LogP contribution in [0.3, 0.4) is 0 Å². The fourth-order valence-electron chi connectivity index (χ4n) is 3.04. The van der Waals surface area contributed by atoms with E-state index in [4.69, 9.17) is 0 Å². The molecule has 2 rings (SSSR count). The molecule has 1 heteroatoms. The lowest BCUT2D eigenvalue weighted by Gasteiger charge is -2.13. The van der Waals surface area contributed by atoms with Crippen molar-refractivity contribution in [2.45, 2.75) is 33.1 Å². The Morgan fingerprint density at radius 3 is 2.55 bits per heavy atom. The molecule has 62 valence electrons. The Bertz CT molecular complexity index is 185. The maximum absolute atomic E-state index is 11.5. The summed E-state index contributed by atoms with van der Waals surface area (Å²) in [6, 6.07) is 0. The molecule has 1 nitrogen and oxygen atoms in total. The first-order valence-corrected chi connectivity index (χ1v) is 4.73. The molecule has 4 atom stereocenters. The molecule has 0 aromatic carbocycles. The molecule has 0 aliphatic heterocycles. The maximum Gasteiger partial charge on any atom is 0.136 e. The normalized spacial score (nSPS) is 49.8. The predicted molar refractivity (Wildman–Crippen MR) is 44.2 cm³/mol. The first-order chi connectivity index (χ1) is 5.20. The molecule has 0 heterocycles. The summed E-state index contributed by atoms with van der Waals surface area (Å²) in [5, 5.41) is 0. The van der Waals surface area contributed by atoms with Crippen LogP contribution in [0.5, 0.6) is 0 Å². The number of Topliss-reactive ketones (excluding diaryl/α,β-unsaturated/α-hetero) is 1. The summed E-state index contributed by atoms with van der Waals surface area (Å²) in [6.07, 6.45) is 3.45. The molecule has 0 bridgehead atoms. The van der Waals surface area contributed by atoms with Gasteiger partial charge in [0.2, 0.25) is 0 Å². The molecule has 0 spiro atoms. The van der Waals surface area contributed by atoms with Crippen molar-refractivity contribution >= 4 is 5.78 Å². The molecule has 0 amide bonds. The van der Waals surface area contributed by atoms with E-state index in [0.717, 1.165) is 12.3 Å². The van der Waals surface area contributed by atoms with Gasteiger partial charge in [-0.1, -0.05) is 13.8 Å². The predicted octanol–water partition coefficient (Wildman–Crippen LogP) is 2.26. The molecule has 0 N–H and O–H groups in total. The second-order valence-corrected chi connectivity index (χ2v) is 4.39. The smallest absolute Gasteiger partial charge is 0.136 e. The first kappa shape index (κ1) is 7.33. The summed E-state index contributed by atoms with van der Waals surface area (Å²) >= 11 is 0. The average molecular weight is 152 g/mol. The van der Waals surface area contributed by atoms with E-state index in [0.29, 0.717) is 23.5 Å². The highest BCUT2D eigenvalue weighted by Gasteiger charge is 2.46. The number of rotatable bonds is 0. The van der Waals surface area contributed by atoms with E-state index in [9.17, 15) is 4.79 Å². The number of hydrogen-bond acceptors (Lipinski definition) is 1. The van der Waals surface area contributed by atoms with Crippen molar-refractivity contribution in [3.8, 4) is 0 Å². The maximum atomic E-state index is 11.5. The van der Waals surface area contributed by atoms with Crippen LogP contribution in [0.15, 0.2) is 0 Å². The van der Waals surface area contributed by atoms with Crippen LogP contribution < -0.4 is 0 Å². The molecule has 0 aromatic rings. The van der Waals surface area contributed by atoms with Gasteiger partial charge in [0, 0.05) is 12.3 Å². The molecule has 2 aliphatic carbocycles. The molecule has 2 aliphatic rings. The molecule has 2 saturated carbocycles. The van der Waals surface area contributed by atoms with Crippen LogP contribution in [0, 0.1) is 23.7 Å². The highest BCUT2D eigenvalue weighted by Crippen LogP contribution is 2.48. The van der Waals surface area contributed by atoms with Crippen LogP contribution >= 0.6 is 0 Å². The van der Waals surface area contributed by atoms with Crippen molar-refractivity contribution in [3.63, 3.8) is 0 Å². The minimum atomic E-state index is 0.449. The lowest BCUT2D eigenvalue weighted by molar-refractivity contribution is -0.121. The minimum absolute atomic E-state index is 0.449. The third kappa shape index (κ3) is 0.935. The fraction of sp³-hybridized carbons (Fsp3) is 0.900. The summed E-state index contributed by atoms with van der Waals surface area (Å²) in [6.45, 7) is 4.47. The van der Waals surface area contributed by atoms with Crippen molar-refractivity contribution < 1.29 is 4.79 Å². The fourth-order valence-corrected chi connectivity index (χ4v) is 3.04. The van der Waals surface area contributed by atoms with E-state index in [-0.39, 0.29) is 0 Å². The lowest BCUT2D eigenvalue weighted by atomic mass is 9.90. The monoisotopic (exact) mass is 152 g/mol. The molecule has 0 radical (unpaired) electrons. The summed E-state index contributed by atoms with van der Waals surface area (Å²) < 4.78 is 0. The molecule has 0 saturated heterocycles. The SMILES string of the molecule is C[C@H]1CC(=O)[C@@H]2[C@H]1CC[C@@H]2C. The van der Waals surface area contributed by atoms with Gasteiger partial charge in [0.25, 0.3) is 0 Å². The number of hydrogen-bond donors (Lipinski definition) is 0. The van der Waals surface area contributed by atoms with Gasteiger partial charge in [-0.3, -0.25) is 4.79 Å². The number of carbonyl (C=O) groups excluding carboxylic acids is 1. The molecule has 0 aromatic heterocycles. The Morgan fingerprint density at radius 1 is 1.18 bits per heavy atom. The highest BCUT2D eigenvalue weighted by atomic mass is 16.1. The number of ketones is 1. The first-order valence-electron chi connectivity index (χ1n) is 4.73. The zero-order chi connectivity index (χ0) is 8.01. The lowest BCUT2D eigenvalue weighted by Crippen LogP contribution is -2.15. The average Bonchev–Trinajstić information content (AvgIpc) is 2.41. The minimum Gasteiger partial charge on any atom is -0.299 e. The van der Waals surface area contributed by atoms with Crippen LogP contribution in [0.2, 0.25) is 0 Å². The van der Waals surface area contributed by atoms with Crippen LogP contribution in [0.25, 0.3) is 0 Å². The van der Waals surface area contributed by atoms with Gasteiger partial charge < -0.3 is 0 Å². The largest absolute Gasteiger partial charge is 0.299 e. The van der Waals surface area contributed by atoms with Crippen LogP contribution in [0.1, 0.15) is 33.1 Å². The third-order valence-electron chi connectivity index (χ3n) is 3.66. The zero-order valence-corrected chi connectivity index (χ0v) is 7.34. The van der Waals surface area contributed by atoms with Gasteiger partial charge in [-0.05, 0) is 30.6 Å². The molecular weight excluding hydrogens is 136 g/mol. The van der Waals surface area contributed by atoms with E-state index in [2.05, 4.69) is 13.8 Å². The number of carbonyl (C=O) groups is 1.